The molecule has 0 saturated carbocycles. The zero-order chi connectivity index (χ0) is 15.6. The van der Waals surface area contributed by atoms with E-state index in [0.717, 1.165) is 18.4 Å². The van der Waals surface area contributed by atoms with Crippen molar-refractivity contribution in [3.8, 4) is 5.75 Å². The predicted octanol–water partition coefficient (Wildman–Crippen LogP) is 1.74. The number of hydrogen-bond donors (Lipinski definition) is 2. The normalized spacial score (nSPS) is 11.1. The molecule has 0 unspecified atom stereocenters. The summed E-state index contributed by atoms with van der Waals surface area (Å²) in [4.78, 5) is 15.2. The van der Waals surface area contributed by atoms with E-state index in [4.69, 9.17) is 0 Å². The van der Waals surface area contributed by atoms with E-state index in [9.17, 15) is 18.3 Å². The van der Waals surface area contributed by atoms with Crippen LogP contribution < -0.4 is 4.72 Å². The molecule has 0 bridgehead atoms. The van der Waals surface area contributed by atoms with Gasteiger partial charge in [-0.25, -0.2) is 18.2 Å². The maximum atomic E-state index is 12.3. The number of methoxy groups -OCH3 is 1. The van der Waals surface area contributed by atoms with Gasteiger partial charge in [-0.2, -0.15) is 0 Å². The van der Waals surface area contributed by atoms with Gasteiger partial charge in [0.1, 0.15) is 5.75 Å². The zero-order valence-corrected chi connectivity index (χ0v) is 12.8. The molecule has 0 spiro atoms. The lowest BCUT2D eigenvalue weighted by atomic mass is 10.2. The maximum absolute atomic E-state index is 12.3. The minimum Gasteiger partial charge on any atom is -0.508 e. The molecule has 2 aromatic rings. The standard InChI is InChI=1S/C12H12N2O5S2/c1-7-5-8(15)3-4-9(7)14-21(17,18)12-10(11(16)19-2)13-6-20-12/h3-6,14-15H,1-2H3. The van der Waals surface area contributed by atoms with Crippen molar-refractivity contribution in [1.82, 2.24) is 4.98 Å². The second-order valence-electron chi connectivity index (χ2n) is 4.08. The summed E-state index contributed by atoms with van der Waals surface area (Å²) in [5, 5.41) is 9.32. The molecule has 21 heavy (non-hydrogen) atoms. The van der Waals surface area contributed by atoms with Gasteiger partial charge in [-0.3, -0.25) is 4.72 Å². The minimum absolute atomic E-state index is 0.0310. The molecule has 0 saturated heterocycles. The molecule has 112 valence electrons. The van der Waals surface area contributed by atoms with Crippen LogP contribution in [-0.4, -0.2) is 31.6 Å². The first-order valence-electron chi connectivity index (χ1n) is 5.69. The van der Waals surface area contributed by atoms with Crippen LogP contribution in [0.2, 0.25) is 0 Å². The Hall–Kier alpha value is -2.13. The van der Waals surface area contributed by atoms with Crippen LogP contribution in [0.4, 0.5) is 5.69 Å². The Labute approximate surface area is 125 Å². The zero-order valence-electron chi connectivity index (χ0n) is 11.2. The number of anilines is 1. The Balaban J connectivity index is 2.39. The van der Waals surface area contributed by atoms with E-state index in [2.05, 4.69) is 14.4 Å². The first kappa shape index (κ1) is 15.3. The summed E-state index contributed by atoms with van der Waals surface area (Å²) in [6, 6.07) is 4.21. The number of phenols is 1. The second-order valence-corrected chi connectivity index (χ2v) is 6.82. The largest absolute Gasteiger partial charge is 0.508 e. The predicted molar refractivity (Wildman–Crippen MR) is 77.1 cm³/mol. The van der Waals surface area contributed by atoms with Crippen molar-refractivity contribution in [2.24, 2.45) is 0 Å². The van der Waals surface area contributed by atoms with Crippen molar-refractivity contribution in [1.29, 1.82) is 0 Å². The number of ether oxygens (including phenoxy) is 1. The van der Waals surface area contributed by atoms with E-state index >= 15 is 0 Å². The number of carbonyl (C=O) groups is 1. The third kappa shape index (κ3) is 3.14. The Morgan fingerprint density at radius 1 is 1.43 bits per heavy atom. The highest BCUT2D eigenvalue weighted by Gasteiger charge is 2.27. The molecular weight excluding hydrogens is 316 g/mol. The third-order valence-corrected chi connectivity index (χ3v) is 5.35. The highest BCUT2D eigenvalue weighted by Crippen LogP contribution is 2.26. The molecule has 0 amide bonds. The molecule has 2 rings (SSSR count). The van der Waals surface area contributed by atoms with Gasteiger partial charge >= 0.3 is 5.97 Å². The third-order valence-electron chi connectivity index (χ3n) is 2.61. The highest BCUT2D eigenvalue weighted by molar-refractivity contribution is 7.94. The molecule has 2 N–H and O–H groups in total. The fourth-order valence-electron chi connectivity index (χ4n) is 1.61. The maximum Gasteiger partial charge on any atom is 0.358 e. The van der Waals surface area contributed by atoms with Gasteiger partial charge in [0, 0.05) is 0 Å². The highest BCUT2D eigenvalue weighted by atomic mass is 32.2. The number of carbonyl (C=O) groups excluding carboxylic acids is 1. The number of esters is 1. The molecule has 0 aliphatic rings. The number of thiazole rings is 1. The van der Waals surface area contributed by atoms with Crippen LogP contribution >= 0.6 is 11.3 Å². The number of aryl methyl sites for hydroxylation is 1. The van der Waals surface area contributed by atoms with E-state index in [0.29, 0.717) is 11.3 Å². The lowest BCUT2D eigenvalue weighted by molar-refractivity contribution is 0.0590. The number of sulfonamides is 1. The second kappa shape index (κ2) is 5.70. The SMILES string of the molecule is COC(=O)c1ncsc1S(=O)(=O)Nc1ccc(O)cc1C. The molecule has 0 aliphatic heterocycles. The number of hydrogen-bond acceptors (Lipinski definition) is 7. The average molecular weight is 328 g/mol. The van der Waals surface area contributed by atoms with Gasteiger partial charge < -0.3 is 9.84 Å². The van der Waals surface area contributed by atoms with Crippen molar-refractivity contribution in [2.45, 2.75) is 11.1 Å². The molecule has 1 aromatic heterocycles. The first-order valence-corrected chi connectivity index (χ1v) is 8.05. The van der Waals surface area contributed by atoms with Crippen molar-refractivity contribution in [2.75, 3.05) is 11.8 Å². The van der Waals surface area contributed by atoms with Crippen LogP contribution in [0.1, 0.15) is 16.1 Å². The summed E-state index contributed by atoms with van der Waals surface area (Å²) in [7, 11) is -2.82. The van der Waals surface area contributed by atoms with Gasteiger partial charge in [0.25, 0.3) is 10.0 Å². The molecule has 0 atom stereocenters. The lowest BCUT2D eigenvalue weighted by Crippen LogP contribution is -2.16. The van der Waals surface area contributed by atoms with E-state index < -0.39 is 16.0 Å². The van der Waals surface area contributed by atoms with E-state index in [1.165, 1.54) is 23.7 Å². The first-order chi connectivity index (χ1) is 9.85. The fraction of sp³-hybridized carbons (Fsp3) is 0.167. The van der Waals surface area contributed by atoms with Gasteiger partial charge in [0.05, 0.1) is 18.3 Å². The Morgan fingerprint density at radius 2 is 2.14 bits per heavy atom. The van der Waals surface area contributed by atoms with Crippen LogP contribution in [0, 0.1) is 6.92 Å². The number of nitrogens with zero attached hydrogens (tertiary/aromatic N) is 1. The van der Waals surface area contributed by atoms with Gasteiger partial charge in [-0.05, 0) is 30.7 Å². The minimum atomic E-state index is -3.97. The summed E-state index contributed by atoms with van der Waals surface area (Å²) < 4.78 is 31.3. The van der Waals surface area contributed by atoms with Crippen LogP contribution in [0.3, 0.4) is 0 Å². The van der Waals surface area contributed by atoms with E-state index in [-0.39, 0.29) is 15.7 Å². The average Bonchev–Trinajstić information content (AvgIpc) is 2.91. The van der Waals surface area contributed by atoms with Crippen molar-refractivity contribution < 1.29 is 23.1 Å². The number of rotatable bonds is 4. The summed E-state index contributed by atoms with van der Waals surface area (Å²) in [5.41, 5.74) is 1.84. The Kier molecular flexibility index (Phi) is 4.14. The molecule has 9 heteroatoms. The molecule has 7 nitrogen and oxygen atoms in total. The lowest BCUT2D eigenvalue weighted by Gasteiger charge is -2.10. The molecule has 1 aromatic carbocycles. The number of benzene rings is 1. The van der Waals surface area contributed by atoms with Crippen LogP contribution in [0.5, 0.6) is 5.75 Å². The molecule has 1 heterocycles. The van der Waals surface area contributed by atoms with Crippen LogP contribution in [0.25, 0.3) is 0 Å². The quantitative estimate of drug-likeness (QED) is 0.654. The Morgan fingerprint density at radius 3 is 2.76 bits per heavy atom. The van der Waals surface area contributed by atoms with Gasteiger partial charge in [0.15, 0.2) is 9.90 Å². The summed E-state index contributed by atoms with van der Waals surface area (Å²) in [5.74, 6) is -0.789. The number of phenolic OH excluding ortho intramolecular Hbond substituents is 1. The monoisotopic (exact) mass is 328 g/mol. The fourth-order valence-corrected chi connectivity index (χ4v) is 3.88. The summed E-state index contributed by atoms with van der Waals surface area (Å²) in [6.45, 7) is 1.64. The van der Waals surface area contributed by atoms with Crippen molar-refractivity contribution >= 4 is 33.0 Å². The topological polar surface area (TPSA) is 106 Å². The smallest absolute Gasteiger partial charge is 0.358 e. The molecular formula is C12H12N2O5S2. The summed E-state index contributed by atoms with van der Waals surface area (Å²) in [6.07, 6.45) is 0. The van der Waals surface area contributed by atoms with E-state index in [1.807, 2.05) is 0 Å². The van der Waals surface area contributed by atoms with Gasteiger partial charge in [-0.15, -0.1) is 11.3 Å². The van der Waals surface area contributed by atoms with Gasteiger partial charge in [0.2, 0.25) is 0 Å². The Bertz CT molecular complexity index is 783. The van der Waals surface area contributed by atoms with Crippen molar-refractivity contribution in [3.63, 3.8) is 0 Å². The molecule has 0 aliphatic carbocycles. The summed E-state index contributed by atoms with van der Waals surface area (Å²) >= 11 is 0.817. The molecule has 0 radical (unpaired) electrons. The van der Waals surface area contributed by atoms with Gasteiger partial charge in [-0.1, -0.05) is 0 Å². The van der Waals surface area contributed by atoms with Crippen LogP contribution in [-0.2, 0) is 14.8 Å². The number of aromatic hydroxyl groups is 1. The number of aromatic nitrogens is 1. The van der Waals surface area contributed by atoms with Crippen LogP contribution in [0.15, 0.2) is 27.9 Å². The number of nitrogens with one attached hydrogen (secondary N) is 1. The molecule has 0 fully saturated rings. The van der Waals surface area contributed by atoms with Crippen molar-refractivity contribution in [3.05, 3.63) is 35.0 Å². The van der Waals surface area contributed by atoms with E-state index in [1.54, 1.807) is 6.92 Å².